The van der Waals surface area contributed by atoms with E-state index < -0.39 is 0 Å². The number of hydrogen-bond acceptors (Lipinski definition) is 3. The number of nitrogens with zero attached hydrogens (tertiary/aromatic N) is 2. The van der Waals surface area contributed by atoms with Crippen LogP contribution in [-0.4, -0.2) is 17.4 Å². The number of pyridine rings is 1. The monoisotopic (exact) mass is 378 g/mol. The van der Waals surface area contributed by atoms with Gasteiger partial charge < -0.3 is 9.64 Å². The van der Waals surface area contributed by atoms with Gasteiger partial charge in [0, 0.05) is 24.0 Å². The molecule has 1 aliphatic rings. The van der Waals surface area contributed by atoms with Gasteiger partial charge in [-0.25, -0.2) is 4.39 Å². The van der Waals surface area contributed by atoms with Crippen LogP contribution < -0.4 is 9.64 Å². The third-order valence-electron chi connectivity index (χ3n) is 4.36. The molecule has 0 saturated heterocycles. The molecule has 0 unspecified atom stereocenters. The van der Waals surface area contributed by atoms with Gasteiger partial charge in [-0.3, -0.25) is 9.78 Å². The molecule has 1 aliphatic heterocycles. The third-order valence-corrected chi connectivity index (χ3v) is 4.36. The summed E-state index contributed by atoms with van der Waals surface area (Å²) in [5.41, 5.74) is 2.97. The van der Waals surface area contributed by atoms with Crippen LogP contribution >= 0.6 is 0 Å². The predicted octanol–water partition coefficient (Wildman–Crippen LogP) is 5.03. The molecule has 4 nitrogen and oxygen atoms in total. The van der Waals surface area contributed by atoms with Crippen LogP contribution in [0.4, 0.5) is 10.1 Å². The average Bonchev–Trinajstić information content (AvgIpc) is 2.75. The number of para-hydroxylation sites is 1. The maximum Gasteiger partial charge on any atom is 0.277 e. The van der Waals surface area contributed by atoms with Crippen LogP contribution in [0.5, 0.6) is 5.75 Å². The Balaban J connectivity index is 0.00000109. The van der Waals surface area contributed by atoms with E-state index in [1.165, 1.54) is 12.1 Å². The van der Waals surface area contributed by atoms with Crippen molar-refractivity contribution in [1.29, 1.82) is 0 Å². The molecule has 3 aromatic rings. The van der Waals surface area contributed by atoms with Gasteiger partial charge in [-0.1, -0.05) is 32.0 Å². The minimum atomic E-state index is -0.320. The van der Waals surface area contributed by atoms with Crippen molar-refractivity contribution in [2.75, 3.05) is 11.4 Å². The smallest absolute Gasteiger partial charge is 0.277 e. The van der Waals surface area contributed by atoms with E-state index in [0.29, 0.717) is 31.0 Å². The Kier molecular flexibility index (Phi) is 6.37. The molecule has 2 heterocycles. The molecule has 0 bridgehead atoms. The Morgan fingerprint density at radius 1 is 1.07 bits per heavy atom. The number of anilines is 1. The van der Waals surface area contributed by atoms with Crippen molar-refractivity contribution in [1.82, 2.24) is 4.98 Å². The molecule has 0 atom stereocenters. The van der Waals surface area contributed by atoms with E-state index in [1.807, 2.05) is 50.2 Å². The number of ether oxygens (including phenoxy) is 1. The molecule has 0 aliphatic carbocycles. The molecule has 28 heavy (non-hydrogen) atoms. The number of hydrogen-bond donors (Lipinski definition) is 0. The van der Waals surface area contributed by atoms with Crippen molar-refractivity contribution in [3.8, 4) is 5.75 Å². The van der Waals surface area contributed by atoms with Gasteiger partial charge in [-0.2, -0.15) is 0 Å². The molecule has 4 rings (SSSR count). The molecular formula is C23H23FN2O2. The molecule has 1 aromatic heterocycles. The summed E-state index contributed by atoms with van der Waals surface area (Å²) in [6.07, 6.45) is 2.37. The molecular weight excluding hydrogens is 355 g/mol. The zero-order valence-electron chi connectivity index (χ0n) is 16.1. The van der Waals surface area contributed by atoms with Crippen molar-refractivity contribution >= 4 is 11.6 Å². The third kappa shape index (κ3) is 4.36. The average molecular weight is 378 g/mol. The Morgan fingerprint density at radius 3 is 2.50 bits per heavy atom. The van der Waals surface area contributed by atoms with Crippen LogP contribution in [0.15, 0.2) is 66.9 Å². The topological polar surface area (TPSA) is 42.4 Å². The summed E-state index contributed by atoms with van der Waals surface area (Å²) in [7, 11) is 0. The number of halogens is 1. The number of carbonyl (C=O) groups is 1. The lowest BCUT2D eigenvalue weighted by molar-refractivity contribution is 0.0975. The van der Waals surface area contributed by atoms with Crippen LogP contribution in [0.3, 0.4) is 0 Å². The summed E-state index contributed by atoms with van der Waals surface area (Å²) >= 11 is 0. The predicted molar refractivity (Wildman–Crippen MR) is 108 cm³/mol. The second-order valence-electron chi connectivity index (χ2n) is 6.14. The fourth-order valence-corrected chi connectivity index (χ4v) is 3.03. The fourth-order valence-electron chi connectivity index (χ4n) is 3.03. The van der Waals surface area contributed by atoms with E-state index in [0.717, 1.165) is 16.9 Å². The normalized spacial score (nSPS) is 12.7. The Morgan fingerprint density at radius 2 is 1.79 bits per heavy atom. The van der Waals surface area contributed by atoms with Crippen LogP contribution in [0.1, 0.15) is 35.5 Å². The van der Waals surface area contributed by atoms with Gasteiger partial charge in [0.2, 0.25) is 0 Å². The van der Waals surface area contributed by atoms with Crippen molar-refractivity contribution in [3.63, 3.8) is 0 Å². The molecule has 5 heteroatoms. The van der Waals surface area contributed by atoms with Crippen molar-refractivity contribution in [2.24, 2.45) is 0 Å². The highest BCUT2D eigenvalue weighted by Crippen LogP contribution is 2.24. The first-order valence-electron chi connectivity index (χ1n) is 9.44. The van der Waals surface area contributed by atoms with Gasteiger partial charge in [0.1, 0.15) is 23.9 Å². The van der Waals surface area contributed by atoms with Gasteiger partial charge in [0.05, 0.1) is 0 Å². The van der Waals surface area contributed by atoms with Gasteiger partial charge >= 0.3 is 0 Å². The zero-order chi connectivity index (χ0) is 19.9. The fraction of sp³-hybridized carbons (Fsp3) is 0.217. The van der Waals surface area contributed by atoms with Gasteiger partial charge in [0.25, 0.3) is 5.91 Å². The molecule has 0 spiro atoms. The van der Waals surface area contributed by atoms with Crippen molar-refractivity contribution < 1.29 is 13.9 Å². The first kappa shape index (κ1) is 19.5. The van der Waals surface area contributed by atoms with Crippen LogP contribution in [0.2, 0.25) is 0 Å². The minimum Gasteiger partial charge on any atom is -0.489 e. The maximum absolute atomic E-state index is 13.1. The quantitative estimate of drug-likeness (QED) is 0.639. The molecule has 0 N–H and O–H groups in total. The molecule has 0 saturated carbocycles. The second kappa shape index (κ2) is 9.13. The summed E-state index contributed by atoms with van der Waals surface area (Å²) in [5.74, 6) is 0.317. The molecule has 2 aromatic carbocycles. The summed E-state index contributed by atoms with van der Waals surface area (Å²) in [5, 5.41) is 0. The number of benzene rings is 2. The van der Waals surface area contributed by atoms with E-state index in [1.54, 1.807) is 23.2 Å². The largest absolute Gasteiger partial charge is 0.489 e. The molecule has 144 valence electrons. The highest BCUT2D eigenvalue weighted by atomic mass is 19.1. The number of rotatable bonds is 4. The van der Waals surface area contributed by atoms with E-state index in [4.69, 9.17) is 4.74 Å². The first-order valence-corrected chi connectivity index (χ1v) is 9.44. The van der Waals surface area contributed by atoms with Crippen LogP contribution in [0, 0.1) is 5.82 Å². The van der Waals surface area contributed by atoms with Crippen molar-refractivity contribution in [3.05, 3.63) is 89.5 Å². The van der Waals surface area contributed by atoms with E-state index in [2.05, 4.69) is 4.98 Å². The number of fused-ring (bicyclic) bond motifs is 1. The first-order chi connectivity index (χ1) is 13.7. The zero-order valence-corrected chi connectivity index (χ0v) is 16.1. The standard InChI is InChI=1S/C21H17FN2O2.C2H6/c22-17-6-8-18(9-7-17)24-11-10-16-12-15(13-23-20(16)21(24)25)14-26-19-4-2-1-3-5-19;1-2/h1-9,12-13H,10-11,14H2;1-2H3. The van der Waals surface area contributed by atoms with Crippen LogP contribution in [0.25, 0.3) is 0 Å². The Bertz CT molecular complexity index is 927. The maximum atomic E-state index is 13.1. The molecule has 0 radical (unpaired) electrons. The number of aromatic nitrogens is 1. The lowest BCUT2D eigenvalue weighted by Crippen LogP contribution is -2.38. The Hall–Kier alpha value is -3.21. The summed E-state index contributed by atoms with van der Waals surface area (Å²) in [6, 6.07) is 17.5. The van der Waals surface area contributed by atoms with E-state index in [9.17, 15) is 9.18 Å². The molecule has 1 amide bonds. The van der Waals surface area contributed by atoms with Gasteiger partial charge in [-0.05, 0) is 54.4 Å². The Labute approximate surface area is 164 Å². The number of carbonyl (C=O) groups excluding carboxylic acids is 1. The SMILES string of the molecule is CC.O=C1c2ncc(COc3ccccc3)cc2CCN1c1ccc(F)cc1. The lowest BCUT2D eigenvalue weighted by atomic mass is 10.0. The summed E-state index contributed by atoms with van der Waals surface area (Å²) < 4.78 is 18.8. The highest BCUT2D eigenvalue weighted by molar-refractivity contribution is 6.06. The van der Waals surface area contributed by atoms with Gasteiger partial charge in [0.15, 0.2) is 0 Å². The van der Waals surface area contributed by atoms with E-state index >= 15 is 0 Å². The van der Waals surface area contributed by atoms with Crippen molar-refractivity contribution in [2.45, 2.75) is 26.9 Å². The second-order valence-corrected chi connectivity index (χ2v) is 6.14. The summed E-state index contributed by atoms with van der Waals surface area (Å²) in [4.78, 5) is 18.7. The molecule has 0 fully saturated rings. The summed E-state index contributed by atoms with van der Waals surface area (Å²) in [6.45, 7) is 4.95. The highest BCUT2D eigenvalue weighted by Gasteiger charge is 2.27. The van der Waals surface area contributed by atoms with Crippen LogP contribution in [-0.2, 0) is 13.0 Å². The lowest BCUT2D eigenvalue weighted by Gasteiger charge is -2.28. The van der Waals surface area contributed by atoms with E-state index in [-0.39, 0.29) is 11.7 Å². The van der Waals surface area contributed by atoms with Gasteiger partial charge in [-0.15, -0.1) is 0 Å². The minimum absolute atomic E-state index is 0.159. The number of amides is 1.